The summed E-state index contributed by atoms with van der Waals surface area (Å²) < 4.78 is 40.2. The molecule has 2 rings (SSSR count). The first-order valence-corrected chi connectivity index (χ1v) is 7.13. The fourth-order valence-corrected chi connectivity index (χ4v) is 2.18. The van der Waals surface area contributed by atoms with Crippen LogP contribution >= 0.6 is 11.6 Å². The Kier molecular flexibility index (Phi) is 5.46. The van der Waals surface area contributed by atoms with Crippen molar-refractivity contribution in [3.05, 3.63) is 70.0 Å². The Bertz CT molecular complexity index is 799. The van der Waals surface area contributed by atoms with Gasteiger partial charge in [0.2, 0.25) is 5.91 Å². The summed E-state index contributed by atoms with van der Waals surface area (Å²) in [4.78, 5) is 24.1. The van der Waals surface area contributed by atoms with Gasteiger partial charge in [-0.05, 0) is 35.9 Å². The van der Waals surface area contributed by atoms with Crippen molar-refractivity contribution in [3.63, 3.8) is 0 Å². The van der Waals surface area contributed by atoms with Gasteiger partial charge in [-0.15, -0.1) is 0 Å². The molecule has 1 atom stereocenters. The van der Waals surface area contributed by atoms with Gasteiger partial charge in [-0.25, -0.2) is 13.2 Å². The molecule has 0 aliphatic carbocycles. The van der Waals surface area contributed by atoms with Gasteiger partial charge in [-0.3, -0.25) is 9.59 Å². The molecule has 0 fully saturated rings. The lowest BCUT2D eigenvalue weighted by atomic mass is 10.0. The second-order valence-corrected chi connectivity index (χ2v) is 5.25. The van der Waals surface area contributed by atoms with E-state index in [9.17, 15) is 22.8 Å². The lowest BCUT2D eigenvalue weighted by Gasteiger charge is -2.18. The van der Waals surface area contributed by atoms with Gasteiger partial charge in [-0.1, -0.05) is 17.7 Å². The van der Waals surface area contributed by atoms with Gasteiger partial charge in [-0.2, -0.15) is 0 Å². The van der Waals surface area contributed by atoms with E-state index in [1.54, 1.807) is 0 Å². The summed E-state index contributed by atoms with van der Waals surface area (Å²) in [6, 6.07) is 4.85. The molecule has 4 nitrogen and oxygen atoms in total. The van der Waals surface area contributed by atoms with E-state index >= 15 is 0 Å². The molecular formula is C16H12ClF3N2O2. The first-order valence-electron chi connectivity index (χ1n) is 6.76. The smallest absolute Gasteiger partial charge is 0.255 e. The number of amides is 2. The van der Waals surface area contributed by atoms with Crippen LogP contribution in [0.4, 0.5) is 13.2 Å². The zero-order valence-electron chi connectivity index (χ0n) is 12.4. The van der Waals surface area contributed by atoms with Crippen molar-refractivity contribution >= 4 is 23.4 Å². The fourth-order valence-electron chi connectivity index (χ4n) is 2.02. The minimum absolute atomic E-state index is 0.0102. The molecule has 2 amide bonds. The summed E-state index contributed by atoms with van der Waals surface area (Å²) >= 11 is 5.62. The van der Waals surface area contributed by atoms with Crippen molar-refractivity contribution in [1.82, 2.24) is 10.6 Å². The quantitative estimate of drug-likeness (QED) is 0.885. The highest BCUT2D eigenvalue weighted by Crippen LogP contribution is 2.19. The third-order valence-electron chi connectivity index (χ3n) is 3.24. The normalized spacial score (nSPS) is 11.7. The number of carbonyl (C=O) groups is 2. The third kappa shape index (κ3) is 3.86. The average Bonchev–Trinajstić information content (AvgIpc) is 2.54. The van der Waals surface area contributed by atoms with Crippen molar-refractivity contribution in [2.75, 3.05) is 7.05 Å². The van der Waals surface area contributed by atoms with E-state index in [4.69, 9.17) is 11.6 Å². The van der Waals surface area contributed by atoms with E-state index in [-0.39, 0.29) is 16.1 Å². The van der Waals surface area contributed by atoms with E-state index in [1.807, 2.05) is 0 Å². The van der Waals surface area contributed by atoms with E-state index < -0.39 is 35.3 Å². The molecule has 0 bridgehead atoms. The Balaban J connectivity index is 2.33. The highest BCUT2D eigenvalue weighted by atomic mass is 35.5. The molecule has 0 spiro atoms. The molecule has 0 heterocycles. The minimum Gasteiger partial charge on any atom is -0.357 e. The number of benzene rings is 2. The highest BCUT2D eigenvalue weighted by Gasteiger charge is 2.24. The molecule has 126 valence electrons. The fraction of sp³-hybridized carbons (Fsp3) is 0.125. The van der Waals surface area contributed by atoms with Crippen LogP contribution in [0.1, 0.15) is 22.0 Å². The number of likely N-dealkylation sites (N-methyl/N-ethyl adjacent to an activating group) is 1. The molecule has 0 radical (unpaired) electrons. The number of rotatable bonds is 4. The third-order valence-corrected chi connectivity index (χ3v) is 3.47. The van der Waals surface area contributed by atoms with Crippen molar-refractivity contribution in [2.45, 2.75) is 6.04 Å². The van der Waals surface area contributed by atoms with Crippen LogP contribution in [0.3, 0.4) is 0 Å². The number of halogens is 4. The Morgan fingerprint density at radius 2 is 1.71 bits per heavy atom. The SMILES string of the molecule is CNC(=O)[C@@H](NC(=O)c1ccc(Cl)cc1F)c1ccc(F)c(F)c1. The van der Waals surface area contributed by atoms with E-state index in [2.05, 4.69) is 10.6 Å². The Morgan fingerprint density at radius 1 is 1.00 bits per heavy atom. The molecule has 2 aromatic rings. The Labute approximate surface area is 140 Å². The summed E-state index contributed by atoms with van der Waals surface area (Å²) in [6.45, 7) is 0. The average molecular weight is 357 g/mol. The predicted octanol–water partition coefficient (Wildman–Crippen LogP) is 2.97. The van der Waals surface area contributed by atoms with Gasteiger partial charge >= 0.3 is 0 Å². The summed E-state index contributed by atoms with van der Waals surface area (Å²) in [7, 11) is 1.31. The van der Waals surface area contributed by atoms with Gasteiger partial charge in [0, 0.05) is 12.1 Å². The van der Waals surface area contributed by atoms with Crippen LogP contribution in [0.25, 0.3) is 0 Å². The summed E-state index contributed by atoms with van der Waals surface area (Å²) in [5.74, 6) is -4.72. The van der Waals surface area contributed by atoms with Gasteiger partial charge in [0.1, 0.15) is 11.9 Å². The molecule has 24 heavy (non-hydrogen) atoms. The van der Waals surface area contributed by atoms with Crippen molar-refractivity contribution in [1.29, 1.82) is 0 Å². The topological polar surface area (TPSA) is 58.2 Å². The monoisotopic (exact) mass is 356 g/mol. The zero-order valence-corrected chi connectivity index (χ0v) is 13.1. The van der Waals surface area contributed by atoms with Crippen molar-refractivity contribution in [2.24, 2.45) is 0 Å². The maximum absolute atomic E-state index is 13.8. The Hall–Kier alpha value is -2.54. The van der Waals surface area contributed by atoms with E-state index in [0.717, 1.165) is 30.3 Å². The summed E-state index contributed by atoms with van der Waals surface area (Å²) in [6.07, 6.45) is 0. The predicted molar refractivity (Wildman–Crippen MR) is 82.0 cm³/mol. The number of hydrogen-bond donors (Lipinski definition) is 2. The molecule has 0 saturated heterocycles. The number of nitrogens with one attached hydrogen (secondary N) is 2. The first kappa shape index (κ1) is 17.8. The summed E-state index contributed by atoms with van der Waals surface area (Å²) in [5.41, 5.74) is -0.327. The second-order valence-electron chi connectivity index (χ2n) is 4.82. The molecule has 8 heteroatoms. The van der Waals surface area contributed by atoms with Gasteiger partial charge < -0.3 is 10.6 Å². The van der Waals surface area contributed by atoms with Crippen LogP contribution in [-0.2, 0) is 4.79 Å². The molecule has 0 unspecified atom stereocenters. The van der Waals surface area contributed by atoms with Crippen LogP contribution in [0.15, 0.2) is 36.4 Å². The van der Waals surface area contributed by atoms with Gasteiger partial charge in [0.05, 0.1) is 5.56 Å². The minimum atomic E-state index is -1.33. The van der Waals surface area contributed by atoms with Crippen molar-refractivity contribution < 1.29 is 22.8 Å². The van der Waals surface area contributed by atoms with E-state index in [0.29, 0.717) is 0 Å². The first-order chi connectivity index (χ1) is 11.3. The second kappa shape index (κ2) is 7.35. The lowest BCUT2D eigenvalue weighted by molar-refractivity contribution is -0.122. The van der Waals surface area contributed by atoms with Crippen LogP contribution in [0.5, 0.6) is 0 Å². The molecule has 2 aromatic carbocycles. The van der Waals surface area contributed by atoms with Crippen LogP contribution in [-0.4, -0.2) is 18.9 Å². The molecular weight excluding hydrogens is 345 g/mol. The summed E-state index contributed by atoms with van der Waals surface area (Å²) in [5, 5.41) is 4.68. The van der Waals surface area contributed by atoms with Crippen LogP contribution in [0, 0.1) is 17.5 Å². The Morgan fingerprint density at radius 3 is 2.29 bits per heavy atom. The largest absolute Gasteiger partial charge is 0.357 e. The highest BCUT2D eigenvalue weighted by molar-refractivity contribution is 6.30. The molecule has 0 aromatic heterocycles. The molecule has 2 N–H and O–H groups in total. The van der Waals surface area contributed by atoms with Crippen LogP contribution < -0.4 is 10.6 Å². The van der Waals surface area contributed by atoms with Gasteiger partial charge in [0.15, 0.2) is 11.6 Å². The molecule has 0 saturated carbocycles. The zero-order chi connectivity index (χ0) is 17.9. The number of carbonyl (C=O) groups excluding carboxylic acids is 2. The molecule has 0 aliphatic heterocycles. The maximum atomic E-state index is 13.8. The lowest BCUT2D eigenvalue weighted by Crippen LogP contribution is -2.39. The van der Waals surface area contributed by atoms with E-state index in [1.165, 1.54) is 13.1 Å². The molecule has 0 aliphatic rings. The van der Waals surface area contributed by atoms with Crippen molar-refractivity contribution in [3.8, 4) is 0 Å². The standard InChI is InChI=1S/C16H12ClF3N2O2/c1-21-16(24)14(8-2-5-11(18)13(20)6-8)22-15(23)10-4-3-9(17)7-12(10)19/h2-7,14H,1H3,(H,21,24)(H,22,23)/t14-/m0/s1. The van der Waals surface area contributed by atoms with Gasteiger partial charge in [0.25, 0.3) is 5.91 Å². The van der Waals surface area contributed by atoms with Crippen LogP contribution in [0.2, 0.25) is 5.02 Å². The maximum Gasteiger partial charge on any atom is 0.255 e. The number of hydrogen-bond acceptors (Lipinski definition) is 2.